The van der Waals surface area contributed by atoms with Crippen molar-refractivity contribution in [3.8, 4) is 5.88 Å². The van der Waals surface area contributed by atoms with E-state index in [-0.39, 0.29) is 6.04 Å². The van der Waals surface area contributed by atoms with Crippen LogP contribution in [0.4, 0.5) is 0 Å². The maximum Gasteiger partial charge on any atom is 0.215 e. The third-order valence-corrected chi connectivity index (χ3v) is 4.36. The number of nitrogens with zero attached hydrogens (tertiary/aromatic N) is 3. The second kappa shape index (κ2) is 6.20. The first-order valence-electron chi connectivity index (χ1n) is 7.30. The van der Waals surface area contributed by atoms with Crippen LogP contribution in [0, 0.1) is 5.92 Å². The number of hydrogen-bond donors (Lipinski definition) is 0. The molecule has 3 rings (SSSR count). The first-order chi connectivity index (χ1) is 10.2. The number of rotatable bonds is 5. The highest BCUT2D eigenvalue weighted by Crippen LogP contribution is 2.31. The zero-order chi connectivity index (χ0) is 14.8. The average Bonchev–Trinajstić information content (AvgIpc) is 3.13. The van der Waals surface area contributed by atoms with E-state index < -0.39 is 0 Å². The van der Waals surface area contributed by atoms with Gasteiger partial charge in [-0.2, -0.15) is 4.98 Å². The van der Waals surface area contributed by atoms with Gasteiger partial charge >= 0.3 is 0 Å². The molecule has 0 bridgehead atoms. The predicted molar refractivity (Wildman–Crippen MR) is 82.1 cm³/mol. The van der Waals surface area contributed by atoms with Crippen molar-refractivity contribution in [3.63, 3.8) is 0 Å². The lowest BCUT2D eigenvalue weighted by Crippen LogP contribution is -2.19. The minimum Gasteiger partial charge on any atom is -0.481 e. The molecule has 21 heavy (non-hydrogen) atoms. The van der Waals surface area contributed by atoms with E-state index in [1.807, 2.05) is 12.1 Å². The van der Waals surface area contributed by atoms with Crippen LogP contribution in [0.1, 0.15) is 25.2 Å². The quantitative estimate of drug-likeness (QED) is 0.797. The molecule has 0 aromatic carbocycles. The molecule has 5 nitrogen and oxygen atoms in total. The van der Waals surface area contributed by atoms with Crippen molar-refractivity contribution in [2.75, 3.05) is 26.2 Å². The molecule has 0 spiro atoms. The summed E-state index contributed by atoms with van der Waals surface area (Å²) in [6.45, 7) is 3.84. The molecule has 1 aliphatic rings. The van der Waals surface area contributed by atoms with Gasteiger partial charge in [0.25, 0.3) is 0 Å². The molecule has 2 aromatic rings. The van der Waals surface area contributed by atoms with Crippen molar-refractivity contribution in [3.05, 3.63) is 18.0 Å². The average molecular weight is 310 g/mol. The van der Waals surface area contributed by atoms with Crippen molar-refractivity contribution >= 4 is 22.8 Å². The van der Waals surface area contributed by atoms with Crippen molar-refractivity contribution < 1.29 is 9.47 Å². The number of aryl methyl sites for hydroxylation is 1. The lowest BCUT2D eigenvalue weighted by atomic mass is 10.0. The summed E-state index contributed by atoms with van der Waals surface area (Å²) < 4.78 is 13.0. The van der Waals surface area contributed by atoms with Crippen LogP contribution in [0.2, 0.25) is 0 Å². The van der Waals surface area contributed by atoms with Crippen LogP contribution in [0.15, 0.2) is 12.1 Å². The van der Waals surface area contributed by atoms with E-state index in [1.54, 1.807) is 7.11 Å². The molecule has 0 amide bonds. The molecular weight excluding hydrogens is 290 g/mol. The largest absolute Gasteiger partial charge is 0.481 e. The highest BCUT2D eigenvalue weighted by atomic mass is 35.5. The molecule has 1 aliphatic heterocycles. The molecule has 2 unspecified atom stereocenters. The normalized spacial score (nSPS) is 20.0. The molecule has 0 radical (unpaired) electrons. The minimum absolute atomic E-state index is 0.287. The molecule has 1 fully saturated rings. The molecule has 2 atom stereocenters. The van der Waals surface area contributed by atoms with Crippen molar-refractivity contribution in [2.24, 2.45) is 5.92 Å². The van der Waals surface area contributed by atoms with Crippen molar-refractivity contribution in [2.45, 2.75) is 25.8 Å². The second-order valence-corrected chi connectivity index (χ2v) is 5.78. The summed E-state index contributed by atoms with van der Waals surface area (Å²) in [6.07, 6.45) is 1.81. The monoisotopic (exact) mass is 309 g/mol. The van der Waals surface area contributed by atoms with Gasteiger partial charge in [0.2, 0.25) is 5.88 Å². The highest BCUT2D eigenvalue weighted by Gasteiger charge is 2.27. The SMILES string of the molecule is COc1ccc2nc(CCCl)n(C(C)C3CCOC3)c2n1. The molecular formula is C15H20ClN3O2. The lowest BCUT2D eigenvalue weighted by Gasteiger charge is -2.22. The Hall–Kier alpha value is -1.33. The number of methoxy groups -OCH3 is 1. The van der Waals surface area contributed by atoms with Gasteiger partial charge in [0, 0.05) is 36.9 Å². The standard InChI is InChI=1S/C15H20ClN3O2/c1-10(11-6-8-21-9-11)19-13(5-7-16)17-12-3-4-14(20-2)18-15(12)19/h3-4,10-11H,5-9H2,1-2H3. The summed E-state index contributed by atoms with van der Waals surface area (Å²) in [6, 6.07) is 4.08. The van der Waals surface area contributed by atoms with Gasteiger partial charge in [-0.15, -0.1) is 11.6 Å². The van der Waals surface area contributed by atoms with Crippen molar-refractivity contribution in [1.82, 2.24) is 14.5 Å². The van der Waals surface area contributed by atoms with E-state index in [4.69, 9.17) is 21.1 Å². The smallest absolute Gasteiger partial charge is 0.215 e. The van der Waals surface area contributed by atoms with Gasteiger partial charge < -0.3 is 14.0 Å². The van der Waals surface area contributed by atoms with Gasteiger partial charge in [0.05, 0.1) is 13.7 Å². The molecule has 1 saturated heterocycles. The summed E-state index contributed by atoms with van der Waals surface area (Å²) >= 11 is 5.94. The van der Waals surface area contributed by atoms with Gasteiger partial charge in [-0.05, 0) is 19.4 Å². The Labute approximate surface area is 129 Å². The van der Waals surface area contributed by atoms with Gasteiger partial charge in [-0.1, -0.05) is 0 Å². The number of pyridine rings is 1. The fourth-order valence-corrected chi connectivity index (χ4v) is 3.12. The summed E-state index contributed by atoms with van der Waals surface area (Å²) in [5, 5.41) is 0. The summed E-state index contributed by atoms with van der Waals surface area (Å²) in [5.74, 6) is 2.63. The number of halogens is 1. The Kier molecular flexibility index (Phi) is 4.31. The fourth-order valence-electron chi connectivity index (χ4n) is 2.95. The van der Waals surface area contributed by atoms with E-state index in [0.717, 1.165) is 43.0 Å². The van der Waals surface area contributed by atoms with Crippen LogP contribution < -0.4 is 4.74 Å². The molecule has 0 aliphatic carbocycles. The Morgan fingerprint density at radius 2 is 2.33 bits per heavy atom. The van der Waals surface area contributed by atoms with Crippen LogP contribution in [-0.2, 0) is 11.2 Å². The molecule has 3 heterocycles. The van der Waals surface area contributed by atoms with E-state index in [1.165, 1.54) is 0 Å². The summed E-state index contributed by atoms with van der Waals surface area (Å²) in [5.41, 5.74) is 1.76. The zero-order valence-corrected chi connectivity index (χ0v) is 13.1. The molecule has 114 valence electrons. The Balaban J connectivity index is 2.08. The highest BCUT2D eigenvalue weighted by molar-refractivity contribution is 6.17. The van der Waals surface area contributed by atoms with Gasteiger partial charge in [0.15, 0.2) is 5.65 Å². The van der Waals surface area contributed by atoms with Gasteiger partial charge in [-0.25, -0.2) is 4.98 Å². The summed E-state index contributed by atoms with van der Waals surface area (Å²) in [4.78, 5) is 9.27. The van der Waals surface area contributed by atoms with E-state index in [2.05, 4.69) is 21.5 Å². The number of hydrogen-bond acceptors (Lipinski definition) is 4. The predicted octanol–water partition coefficient (Wildman–Crippen LogP) is 2.82. The van der Waals surface area contributed by atoms with Crippen LogP contribution in [0.3, 0.4) is 0 Å². The van der Waals surface area contributed by atoms with Gasteiger partial charge in [0.1, 0.15) is 11.3 Å². The fraction of sp³-hybridized carbons (Fsp3) is 0.600. The Morgan fingerprint density at radius 1 is 1.48 bits per heavy atom. The Bertz CT molecular complexity index is 623. The van der Waals surface area contributed by atoms with Crippen LogP contribution in [0.5, 0.6) is 5.88 Å². The van der Waals surface area contributed by atoms with Crippen LogP contribution in [-0.4, -0.2) is 40.7 Å². The third-order valence-electron chi connectivity index (χ3n) is 4.17. The molecule has 6 heteroatoms. The zero-order valence-electron chi connectivity index (χ0n) is 12.4. The van der Waals surface area contributed by atoms with E-state index in [0.29, 0.717) is 17.7 Å². The first-order valence-corrected chi connectivity index (χ1v) is 7.83. The van der Waals surface area contributed by atoms with E-state index >= 15 is 0 Å². The molecule has 0 N–H and O–H groups in total. The first kappa shape index (κ1) is 14.6. The van der Waals surface area contributed by atoms with Crippen LogP contribution >= 0.6 is 11.6 Å². The number of alkyl halides is 1. The molecule has 0 saturated carbocycles. The Morgan fingerprint density at radius 3 is 3.00 bits per heavy atom. The van der Waals surface area contributed by atoms with E-state index in [9.17, 15) is 0 Å². The lowest BCUT2D eigenvalue weighted by molar-refractivity contribution is 0.175. The van der Waals surface area contributed by atoms with Gasteiger partial charge in [-0.3, -0.25) is 0 Å². The topological polar surface area (TPSA) is 49.2 Å². The maximum atomic E-state index is 5.94. The number of fused-ring (bicyclic) bond motifs is 1. The maximum absolute atomic E-state index is 5.94. The summed E-state index contributed by atoms with van der Waals surface area (Å²) in [7, 11) is 1.63. The van der Waals surface area contributed by atoms with Crippen molar-refractivity contribution in [1.29, 1.82) is 0 Å². The number of ether oxygens (including phenoxy) is 2. The third kappa shape index (κ3) is 2.72. The molecule has 2 aromatic heterocycles. The number of imidazole rings is 1. The van der Waals surface area contributed by atoms with Crippen LogP contribution in [0.25, 0.3) is 11.2 Å². The second-order valence-electron chi connectivity index (χ2n) is 5.40. The minimum atomic E-state index is 0.287. The number of aromatic nitrogens is 3.